The van der Waals surface area contributed by atoms with Gasteiger partial charge in [0.15, 0.2) is 0 Å². The normalized spacial score (nSPS) is 6.88. The van der Waals surface area contributed by atoms with Crippen LogP contribution in [0.2, 0.25) is 0 Å². The van der Waals surface area contributed by atoms with Crippen LogP contribution in [0.3, 0.4) is 0 Å². The summed E-state index contributed by atoms with van der Waals surface area (Å²) in [5.41, 5.74) is 5.14. The van der Waals surface area contributed by atoms with Crippen molar-refractivity contribution < 1.29 is 4.79 Å². The van der Waals surface area contributed by atoms with Gasteiger partial charge in [-0.15, -0.1) is 0 Å². The third kappa shape index (κ3) is 38.9. The first kappa shape index (κ1) is 10.8. The minimum absolute atomic E-state index is 0.222. The highest BCUT2D eigenvalue weighted by atomic mass is 35.5. The molecule has 0 amide bonds. The maximum absolute atomic E-state index is 8.57. The summed E-state index contributed by atoms with van der Waals surface area (Å²) in [5.74, 6) is 0.222. The van der Waals surface area contributed by atoms with Gasteiger partial charge in [-0.1, -0.05) is 13.3 Å². The average Bonchev–Trinajstić information content (AvgIpc) is 1.71. The van der Waals surface area contributed by atoms with Crippen molar-refractivity contribution in [2.75, 3.05) is 6.54 Å². The molecule has 0 radical (unpaired) electrons. The van der Waals surface area contributed by atoms with E-state index in [9.17, 15) is 0 Å². The van der Waals surface area contributed by atoms with Gasteiger partial charge >= 0.3 is 0 Å². The van der Waals surface area contributed by atoms with E-state index >= 15 is 0 Å². The summed E-state index contributed by atoms with van der Waals surface area (Å²) in [6.45, 7) is 2.98. The maximum Gasteiger partial charge on any atom is 0.208 e. The second kappa shape index (κ2) is 15.8. The van der Waals surface area contributed by atoms with Crippen LogP contribution >= 0.6 is 11.6 Å². The van der Waals surface area contributed by atoms with Crippen molar-refractivity contribution in [3.05, 3.63) is 0 Å². The molecule has 3 heteroatoms. The molecular weight excluding hydrogens is 126 g/mol. The molecule has 0 unspecified atom stereocenters. The molecule has 0 rings (SSSR count). The largest absolute Gasteiger partial charge is 0.330 e. The summed E-state index contributed by atoms with van der Waals surface area (Å²) < 4.78 is 0. The molecule has 2 N–H and O–H groups in total. The highest BCUT2D eigenvalue weighted by Crippen LogP contribution is 1.77. The van der Waals surface area contributed by atoms with E-state index < -0.39 is 0 Å². The van der Waals surface area contributed by atoms with Gasteiger partial charge in [0.2, 0.25) is 5.75 Å². The van der Waals surface area contributed by atoms with Gasteiger partial charge in [0.05, 0.1) is 0 Å². The van der Waals surface area contributed by atoms with Crippen LogP contribution in [-0.2, 0) is 4.79 Å². The molecule has 0 bridgehead atoms. The van der Waals surface area contributed by atoms with Crippen LogP contribution in [0.25, 0.3) is 0 Å². The second-order valence-corrected chi connectivity index (χ2v) is 1.41. The zero-order valence-electron chi connectivity index (χ0n) is 5.06. The lowest BCUT2D eigenvalue weighted by atomic mass is 10.3. The number of halogens is 1. The molecule has 0 aromatic heterocycles. The van der Waals surface area contributed by atoms with Gasteiger partial charge in [0.25, 0.3) is 0 Å². The Kier molecular flexibility index (Phi) is 21.3. The van der Waals surface area contributed by atoms with Crippen molar-refractivity contribution in [1.29, 1.82) is 0 Å². The fraction of sp³-hybridized carbons (Fsp3) is 0.800. The predicted molar refractivity (Wildman–Crippen MR) is 36.6 cm³/mol. The van der Waals surface area contributed by atoms with Crippen molar-refractivity contribution in [2.24, 2.45) is 5.73 Å². The van der Waals surface area contributed by atoms with E-state index in [2.05, 4.69) is 18.5 Å². The number of unbranched alkanes of at least 4 members (excludes halogenated alkanes) is 1. The van der Waals surface area contributed by atoms with Crippen molar-refractivity contribution in [3.8, 4) is 0 Å². The van der Waals surface area contributed by atoms with Crippen LogP contribution in [0.15, 0.2) is 0 Å². The van der Waals surface area contributed by atoms with Gasteiger partial charge < -0.3 is 5.73 Å². The van der Waals surface area contributed by atoms with E-state index in [-0.39, 0.29) is 5.75 Å². The lowest BCUT2D eigenvalue weighted by Crippen LogP contribution is -1.95. The van der Waals surface area contributed by atoms with E-state index in [0.29, 0.717) is 0 Å². The summed E-state index contributed by atoms with van der Waals surface area (Å²) >= 11 is 4.32. The van der Waals surface area contributed by atoms with Gasteiger partial charge in [-0.3, -0.25) is 4.79 Å². The Balaban J connectivity index is 0. The Labute approximate surface area is 55.0 Å². The van der Waals surface area contributed by atoms with Crippen LogP contribution in [0.5, 0.6) is 0 Å². The number of rotatable bonds is 2. The van der Waals surface area contributed by atoms with Crippen LogP contribution in [0.1, 0.15) is 19.8 Å². The first-order chi connectivity index (χ1) is 3.83. The van der Waals surface area contributed by atoms with Crippen molar-refractivity contribution >= 4 is 17.3 Å². The molecule has 0 aromatic rings. The fourth-order valence-corrected chi connectivity index (χ4v) is 0.204. The molecule has 2 nitrogen and oxygen atoms in total. The third-order valence-corrected chi connectivity index (χ3v) is 0.558. The standard InChI is InChI=1S/C4H11N.CHClO/c1-2-3-4-5;2-1-3/h2-5H2,1H3;1H. The molecule has 0 aromatic carbocycles. The number of hydrogen-bond acceptors (Lipinski definition) is 2. The SMILES string of the molecule is CCCCN.O=CCl. The van der Waals surface area contributed by atoms with Gasteiger partial charge in [0, 0.05) is 0 Å². The van der Waals surface area contributed by atoms with E-state index in [1.807, 2.05) is 0 Å². The Morgan fingerprint density at radius 1 is 1.75 bits per heavy atom. The summed E-state index contributed by atoms with van der Waals surface area (Å²) in [7, 11) is 0. The maximum atomic E-state index is 8.57. The minimum Gasteiger partial charge on any atom is -0.330 e. The smallest absolute Gasteiger partial charge is 0.208 e. The molecule has 0 aliphatic heterocycles. The molecular formula is C5H12ClNO. The lowest BCUT2D eigenvalue weighted by Gasteiger charge is -1.80. The first-order valence-electron chi connectivity index (χ1n) is 2.57. The van der Waals surface area contributed by atoms with Crippen LogP contribution in [0, 0.1) is 0 Å². The summed E-state index contributed by atoms with van der Waals surface area (Å²) in [4.78, 5) is 8.57. The fourth-order valence-electron chi connectivity index (χ4n) is 0.204. The third-order valence-electron chi connectivity index (χ3n) is 0.558. The van der Waals surface area contributed by atoms with E-state index in [4.69, 9.17) is 10.5 Å². The average molecular weight is 138 g/mol. The Morgan fingerprint density at radius 2 is 2.12 bits per heavy atom. The molecule has 0 saturated heterocycles. The predicted octanol–water partition coefficient (Wildman–Crippen LogP) is 1.16. The number of hydrogen-bond donors (Lipinski definition) is 1. The number of nitrogens with two attached hydrogens (primary N) is 1. The Morgan fingerprint density at radius 3 is 2.12 bits per heavy atom. The van der Waals surface area contributed by atoms with Crippen molar-refractivity contribution in [2.45, 2.75) is 19.8 Å². The zero-order valence-corrected chi connectivity index (χ0v) is 5.82. The zero-order chi connectivity index (χ0) is 6.83. The number of carbonyl (C=O) groups is 1. The second-order valence-electron chi connectivity index (χ2n) is 1.23. The van der Waals surface area contributed by atoms with Crippen molar-refractivity contribution in [3.63, 3.8) is 0 Å². The van der Waals surface area contributed by atoms with Crippen molar-refractivity contribution in [1.82, 2.24) is 0 Å². The molecule has 0 spiro atoms. The van der Waals surface area contributed by atoms with Crippen LogP contribution < -0.4 is 5.73 Å². The molecule has 0 aliphatic carbocycles. The Hall–Kier alpha value is -0.0800. The van der Waals surface area contributed by atoms with Crippen LogP contribution in [0.4, 0.5) is 0 Å². The summed E-state index contributed by atoms with van der Waals surface area (Å²) in [5, 5.41) is 0. The summed E-state index contributed by atoms with van der Waals surface area (Å²) in [6, 6.07) is 0. The molecule has 0 heterocycles. The van der Waals surface area contributed by atoms with E-state index in [1.165, 1.54) is 12.8 Å². The van der Waals surface area contributed by atoms with Gasteiger partial charge in [-0.05, 0) is 24.6 Å². The molecule has 8 heavy (non-hydrogen) atoms. The number of carbonyl (C=O) groups excluding carboxylic acids is 1. The topological polar surface area (TPSA) is 43.1 Å². The first-order valence-corrected chi connectivity index (χ1v) is 3.01. The van der Waals surface area contributed by atoms with Gasteiger partial charge in [-0.25, -0.2) is 0 Å². The molecule has 0 aliphatic rings. The molecule has 0 fully saturated rings. The van der Waals surface area contributed by atoms with E-state index in [0.717, 1.165) is 6.54 Å². The monoisotopic (exact) mass is 137 g/mol. The Bertz CT molecular complexity index is 39.4. The lowest BCUT2D eigenvalue weighted by molar-refractivity contribution is 0.569. The molecule has 0 atom stereocenters. The van der Waals surface area contributed by atoms with E-state index in [1.54, 1.807) is 0 Å². The quantitative estimate of drug-likeness (QED) is 0.459. The van der Waals surface area contributed by atoms with Gasteiger partial charge in [0.1, 0.15) is 0 Å². The minimum atomic E-state index is 0.222. The van der Waals surface area contributed by atoms with Gasteiger partial charge in [-0.2, -0.15) is 0 Å². The highest BCUT2D eigenvalue weighted by Gasteiger charge is 1.67. The van der Waals surface area contributed by atoms with Crippen LogP contribution in [-0.4, -0.2) is 12.3 Å². The molecule has 50 valence electrons. The highest BCUT2D eigenvalue weighted by molar-refractivity contribution is 6.54. The molecule has 0 saturated carbocycles. The summed E-state index contributed by atoms with van der Waals surface area (Å²) in [6.07, 6.45) is 2.39.